The van der Waals surface area contributed by atoms with Crippen molar-refractivity contribution in [1.82, 2.24) is 10.3 Å². The van der Waals surface area contributed by atoms with Crippen LogP contribution in [0, 0.1) is 28.9 Å². The lowest BCUT2D eigenvalue weighted by atomic mass is 9.95. The van der Waals surface area contributed by atoms with Crippen molar-refractivity contribution < 1.29 is 13.6 Å². The number of benzene rings is 1. The van der Waals surface area contributed by atoms with Gasteiger partial charge in [-0.3, -0.25) is 5.32 Å². The lowest BCUT2D eigenvalue weighted by molar-refractivity contribution is 0.250. The lowest BCUT2D eigenvalue weighted by Crippen LogP contribution is -2.33. The van der Waals surface area contributed by atoms with Gasteiger partial charge in [0, 0.05) is 18.2 Å². The lowest BCUT2D eigenvalue weighted by Gasteiger charge is -2.16. The van der Waals surface area contributed by atoms with Crippen LogP contribution in [0.2, 0.25) is 0 Å². The standard InChI is InChI=1S/C18H14F2N4O/c1-8-13-10(19)3-4-11(20)15(13)16-14(8)17(16)24-18(25)23-12-5-2-9(6-21)7-22-12/h2-5,7-8,14,16-17H,1H3,(H2,22,23,24,25)/t8-,14+,16+,17+/m0/s1. The van der Waals surface area contributed by atoms with Gasteiger partial charge in [0.2, 0.25) is 0 Å². The van der Waals surface area contributed by atoms with Crippen molar-refractivity contribution in [2.45, 2.75) is 24.8 Å². The fourth-order valence-electron chi connectivity index (χ4n) is 3.93. The highest BCUT2D eigenvalue weighted by Crippen LogP contribution is 2.63. The van der Waals surface area contributed by atoms with Gasteiger partial charge in [0.25, 0.3) is 0 Å². The quantitative estimate of drug-likeness (QED) is 0.881. The number of nitriles is 1. The van der Waals surface area contributed by atoms with Gasteiger partial charge in [0.05, 0.1) is 5.56 Å². The summed E-state index contributed by atoms with van der Waals surface area (Å²) in [4.78, 5) is 16.1. The van der Waals surface area contributed by atoms with Crippen LogP contribution < -0.4 is 10.6 Å². The minimum Gasteiger partial charge on any atom is -0.334 e. The molecule has 4 atom stereocenters. The summed E-state index contributed by atoms with van der Waals surface area (Å²) in [6.07, 6.45) is 1.36. The number of anilines is 1. The number of nitrogens with zero attached hydrogens (tertiary/aromatic N) is 2. The number of aromatic nitrogens is 1. The summed E-state index contributed by atoms with van der Waals surface area (Å²) in [6, 6.07) is 6.63. The molecule has 126 valence electrons. The molecule has 2 aromatic rings. The Kier molecular flexibility index (Phi) is 3.42. The second-order valence-corrected chi connectivity index (χ2v) is 6.42. The Bertz CT molecular complexity index is 907. The summed E-state index contributed by atoms with van der Waals surface area (Å²) in [5.74, 6) is -0.834. The fourth-order valence-corrected chi connectivity index (χ4v) is 3.93. The SMILES string of the molecule is C[C@H]1c2c(F)ccc(F)c2[C@@H]2[C@H](NC(=O)Nc3ccc(C#N)cn3)[C@@H]21. The monoisotopic (exact) mass is 340 g/mol. The van der Waals surface area contributed by atoms with E-state index in [1.807, 2.05) is 13.0 Å². The highest BCUT2D eigenvalue weighted by Gasteiger charge is 2.61. The number of halogens is 2. The number of pyridine rings is 1. The first kappa shape index (κ1) is 15.5. The maximum atomic E-state index is 14.1. The summed E-state index contributed by atoms with van der Waals surface area (Å²) in [6.45, 7) is 1.85. The van der Waals surface area contributed by atoms with E-state index in [1.165, 1.54) is 12.3 Å². The summed E-state index contributed by atoms with van der Waals surface area (Å²) in [5.41, 5.74) is 1.21. The number of hydrogen-bond donors (Lipinski definition) is 2. The van der Waals surface area contributed by atoms with Crippen LogP contribution in [-0.2, 0) is 0 Å². The second-order valence-electron chi connectivity index (χ2n) is 6.42. The molecule has 0 bridgehead atoms. The van der Waals surface area contributed by atoms with E-state index in [9.17, 15) is 13.6 Å². The summed E-state index contributed by atoms with van der Waals surface area (Å²) in [5, 5.41) is 14.1. The first-order chi connectivity index (χ1) is 12.0. The molecular formula is C18H14F2N4O. The van der Waals surface area contributed by atoms with Gasteiger partial charge in [-0.25, -0.2) is 18.6 Å². The molecule has 1 saturated carbocycles. The van der Waals surface area contributed by atoms with E-state index in [2.05, 4.69) is 15.6 Å². The molecule has 1 aromatic carbocycles. The molecular weight excluding hydrogens is 326 g/mol. The van der Waals surface area contributed by atoms with Crippen molar-refractivity contribution in [3.05, 3.63) is 58.8 Å². The normalized spacial score (nSPS) is 25.5. The molecule has 1 fully saturated rings. The smallest absolute Gasteiger partial charge is 0.320 e. The first-order valence-electron chi connectivity index (χ1n) is 7.92. The number of urea groups is 1. The third-order valence-corrected chi connectivity index (χ3v) is 5.05. The van der Waals surface area contributed by atoms with E-state index in [1.54, 1.807) is 6.07 Å². The van der Waals surface area contributed by atoms with Crippen molar-refractivity contribution in [3.8, 4) is 6.07 Å². The zero-order valence-corrected chi connectivity index (χ0v) is 13.3. The van der Waals surface area contributed by atoms with Gasteiger partial charge in [-0.05, 0) is 47.2 Å². The molecule has 2 amide bonds. The Hall–Kier alpha value is -3.01. The molecule has 0 saturated heterocycles. The van der Waals surface area contributed by atoms with Crippen molar-refractivity contribution in [2.75, 3.05) is 5.32 Å². The number of carbonyl (C=O) groups excluding carboxylic acids is 1. The van der Waals surface area contributed by atoms with Gasteiger partial charge >= 0.3 is 6.03 Å². The third kappa shape index (κ3) is 2.41. The molecule has 25 heavy (non-hydrogen) atoms. The van der Waals surface area contributed by atoms with Gasteiger partial charge in [0.1, 0.15) is 23.5 Å². The molecule has 2 aliphatic carbocycles. The molecule has 1 aromatic heterocycles. The molecule has 7 heteroatoms. The molecule has 0 unspecified atom stereocenters. The van der Waals surface area contributed by atoms with Crippen LogP contribution in [0.15, 0.2) is 30.5 Å². The van der Waals surface area contributed by atoms with Crippen LogP contribution >= 0.6 is 0 Å². The Morgan fingerprint density at radius 1 is 1.20 bits per heavy atom. The highest BCUT2D eigenvalue weighted by molar-refractivity contribution is 5.89. The first-order valence-corrected chi connectivity index (χ1v) is 7.92. The van der Waals surface area contributed by atoms with Gasteiger partial charge in [-0.1, -0.05) is 6.92 Å². The van der Waals surface area contributed by atoms with Crippen molar-refractivity contribution in [1.29, 1.82) is 5.26 Å². The van der Waals surface area contributed by atoms with Gasteiger partial charge in [0.15, 0.2) is 0 Å². The molecule has 0 radical (unpaired) electrons. The van der Waals surface area contributed by atoms with Crippen LogP contribution in [0.4, 0.5) is 19.4 Å². The Labute approximate surface area is 142 Å². The van der Waals surface area contributed by atoms with Gasteiger partial charge in [-0.2, -0.15) is 5.26 Å². The van der Waals surface area contributed by atoms with Gasteiger partial charge < -0.3 is 5.32 Å². The zero-order chi connectivity index (χ0) is 17.7. The maximum absolute atomic E-state index is 14.1. The molecule has 4 rings (SSSR count). The van der Waals surface area contributed by atoms with Crippen molar-refractivity contribution >= 4 is 11.8 Å². The molecule has 0 spiro atoms. The van der Waals surface area contributed by atoms with Gasteiger partial charge in [-0.15, -0.1) is 0 Å². The van der Waals surface area contributed by atoms with E-state index < -0.39 is 11.8 Å². The van der Waals surface area contributed by atoms with Crippen LogP contribution in [0.1, 0.15) is 35.4 Å². The number of rotatable bonds is 2. The van der Waals surface area contributed by atoms with E-state index in [4.69, 9.17) is 5.26 Å². The van der Waals surface area contributed by atoms with Crippen LogP contribution in [-0.4, -0.2) is 17.1 Å². The van der Waals surface area contributed by atoms with E-state index in [0.717, 1.165) is 12.1 Å². The van der Waals surface area contributed by atoms with Crippen LogP contribution in [0.3, 0.4) is 0 Å². The second kappa shape index (κ2) is 5.52. The Morgan fingerprint density at radius 2 is 1.92 bits per heavy atom. The number of nitrogens with one attached hydrogen (secondary N) is 2. The maximum Gasteiger partial charge on any atom is 0.320 e. The molecule has 5 nitrogen and oxygen atoms in total. The number of carbonyl (C=O) groups is 1. The number of hydrogen-bond acceptors (Lipinski definition) is 3. The van der Waals surface area contributed by atoms with Crippen LogP contribution in [0.25, 0.3) is 0 Å². The molecule has 2 aliphatic rings. The predicted molar refractivity (Wildman–Crippen MR) is 85.9 cm³/mol. The largest absolute Gasteiger partial charge is 0.334 e. The average molecular weight is 340 g/mol. The van der Waals surface area contributed by atoms with E-state index in [0.29, 0.717) is 22.5 Å². The minimum absolute atomic E-state index is 0.000995. The molecule has 0 aliphatic heterocycles. The topological polar surface area (TPSA) is 77.8 Å². The minimum atomic E-state index is -0.456. The number of amides is 2. The number of fused-ring (bicyclic) bond motifs is 3. The molecule has 2 N–H and O–H groups in total. The Morgan fingerprint density at radius 3 is 2.56 bits per heavy atom. The zero-order valence-electron chi connectivity index (χ0n) is 13.3. The molecule has 1 heterocycles. The third-order valence-electron chi connectivity index (χ3n) is 5.05. The van der Waals surface area contributed by atoms with E-state index >= 15 is 0 Å². The van der Waals surface area contributed by atoms with E-state index in [-0.39, 0.29) is 29.6 Å². The summed E-state index contributed by atoms with van der Waals surface area (Å²) in [7, 11) is 0. The average Bonchev–Trinajstić information content (AvgIpc) is 3.19. The van der Waals surface area contributed by atoms with Crippen molar-refractivity contribution in [2.24, 2.45) is 5.92 Å². The highest BCUT2D eigenvalue weighted by atomic mass is 19.1. The summed E-state index contributed by atoms with van der Waals surface area (Å²) >= 11 is 0. The fraction of sp³-hybridized carbons (Fsp3) is 0.278. The van der Waals surface area contributed by atoms with Crippen molar-refractivity contribution in [3.63, 3.8) is 0 Å². The predicted octanol–water partition coefficient (Wildman–Crippen LogP) is 3.25. The summed E-state index contributed by atoms with van der Waals surface area (Å²) < 4.78 is 28.1. The Balaban J connectivity index is 1.46. The van der Waals surface area contributed by atoms with Crippen LogP contribution in [0.5, 0.6) is 0 Å².